The van der Waals surface area contributed by atoms with Gasteiger partial charge >= 0.3 is 0 Å². The number of nitrogens with one attached hydrogen (secondary N) is 2. The van der Waals surface area contributed by atoms with Crippen LogP contribution in [-0.2, 0) is 4.79 Å². The fraction of sp³-hybridized carbons (Fsp3) is 0.375. The zero-order valence-electron chi connectivity index (χ0n) is 12.4. The summed E-state index contributed by atoms with van der Waals surface area (Å²) in [5, 5.41) is 2.95. The second-order valence-corrected chi connectivity index (χ2v) is 4.92. The highest BCUT2D eigenvalue weighted by Gasteiger charge is 2.14. The summed E-state index contributed by atoms with van der Waals surface area (Å²) in [6, 6.07) is 7.72. The maximum atomic E-state index is 11.9. The molecule has 2 N–H and O–H groups in total. The van der Waals surface area contributed by atoms with Crippen molar-refractivity contribution in [2.24, 2.45) is 0 Å². The third kappa shape index (κ3) is 4.63. The number of rotatable bonds is 7. The van der Waals surface area contributed by atoms with Crippen molar-refractivity contribution in [2.45, 2.75) is 32.7 Å². The van der Waals surface area contributed by atoms with Crippen LogP contribution in [0.1, 0.15) is 37.2 Å². The summed E-state index contributed by atoms with van der Waals surface area (Å²) in [6.45, 7) is 4.38. The lowest BCUT2D eigenvalue weighted by atomic mass is 10.2. The van der Waals surface area contributed by atoms with E-state index in [1.54, 1.807) is 12.4 Å². The van der Waals surface area contributed by atoms with Gasteiger partial charge < -0.3 is 15.0 Å². The molecule has 0 saturated heterocycles. The van der Waals surface area contributed by atoms with E-state index < -0.39 is 0 Å². The predicted molar refractivity (Wildman–Crippen MR) is 81.1 cm³/mol. The molecule has 2 rings (SSSR count). The Morgan fingerprint density at radius 2 is 2.33 bits per heavy atom. The topological polar surface area (TPSA) is 67.0 Å². The highest BCUT2D eigenvalue weighted by atomic mass is 16.5. The number of benzene rings is 1. The van der Waals surface area contributed by atoms with E-state index in [0.29, 0.717) is 13.0 Å². The Bertz CT molecular complexity index is 567. The molecule has 0 aliphatic carbocycles. The highest BCUT2D eigenvalue weighted by molar-refractivity contribution is 5.76. The smallest absolute Gasteiger partial charge is 0.224 e. The average molecular weight is 287 g/mol. The molecule has 1 heterocycles. The number of aryl methyl sites for hydroxylation is 1. The summed E-state index contributed by atoms with van der Waals surface area (Å²) in [5.41, 5.74) is 1.14. The van der Waals surface area contributed by atoms with Crippen LogP contribution < -0.4 is 10.1 Å². The van der Waals surface area contributed by atoms with Crippen LogP contribution >= 0.6 is 0 Å². The molecule has 1 atom stereocenters. The molecular formula is C16H21N3O2. The van der Waals surface area contributed by atoms with Gasteiger partial charge in [0.1, 0.15) is 11.6 Å². The third-order valence-electron chi connectivity index (χ3n) is 3.18. The van der Waals surface area contributed by atoms with Gasteiger partial charge in [-0.05, 0) is 31.0 Å². The fourth-order valence-electron chi connectivity index (χ4n) is 2.07. The number of hydrogen-bond acceptors (Lipinski definition) is 3. The quantitative estimate of drug-likeness (QED) is 0.823. The molecule has 0 aliphatic heterocycles. The molecule has 0 radical (unpaired) electrons. The predicted octanol–water partition coefficient (Wildman–Crippen LogP) is 2.75. The first-order valence-electron chi connectivity index (χ1n) is 7.17. The molecule has 0 aliphatic rings. The Labute approximate surface area is 124 Å². The number of H-pyrrole nitrogens is 1. The molecule has 0 saturated carbocycles. The van der Waals surface area contributed by atoms with Crippen molar-refractivity contribution in [1.29, 1.82) is 0 Å². The Kier molecular flexibility index (Phi) is 5.37. The molecule has 1 aromatic heterocycles. The van der Waals surface area contributed by atoms with E-state index in [1.165, 1.54) is 0 Å². The lowest BCUT2D eigenvalue weighted by molar-refractivity contribution is -0.122. The van der Waals surface area contributed by atoms with Gasteiger partial charge in [-0.25, -0.2) is 4.98 Å². The first-order valence-corrected chi connectivity index (χ1v) is 7.17. The summed E-state index contributed by atoms with van der Waals surface area (Å²) in [5.74, 6) is 1.54. The van der Waals surface area contributed by atoms with Crippen molar-refractivity contribution in [3.8, 4) is 5.75 Å². The summed E-state index contributed by atoms with van der Waals surface area (Å²) in [7, 11) is 0. The number of aromatic amines is 1. The number of amides is 1. The number of hydrogen-bond donors (Lipinski definition) is 2. The molecule has 2 aromatic rings. The minimum Gasteiger partial charge on any atom is -0.493 e. The molecule has 0 fully saturated rings. The van der Waals surface area contributed by atoms with Crippen molar-refractivity contribution < 1.29 is 9.53 Å². The molecule has 5 nitrogen and oxygen atoms in total. The lowest BCUT2D eigenvalue weighted by Gasteiger charge is -2.14. The SMILES string of the molecule is CCC(NC(=O)CCOc1cccc(C)c1)c1ncc[nH]1. The Balaban J connectivity index is 1.77. The molecule has 21 heavy (non-hydrogen) atoms. The summed E-state index contributed by atoms with van der Waals surface area (Å²) in [4.78, 5) is 19.1. The van der Waals surface area contributed by atoms with Gasteiger partial charge in [0, 0.05) is 12.4 Å². The maximum absolute atomic E-state index is 11.9. The molecule has 5 heteroatoms. The maximum Gasteiger partial charge on any atom is 0.224 e. The fourth-order valence-corrected chi connectivity index (χ4v) is 2.07. The van der Waals surface area contributed by atoms with Crippen LogP contribution in [0.2, 0.25) is 0 Å². The van der Waals surface area contributed by atoms with Gasteiger partial charge in [-0.1, -0.05) is 19.1 Å². The zero-order chi connectivity index (χ0) is 15.1. The number of ether oxygens (including phenoxy) is 1. The summed E-state index contributed by atoms with van der Waals surface area (Å²) < 4.78 is 5.58. The standard InChI is InChI=1S/C16H21N3O2/c1-3-14(16-17-8-9-18-16)19-15(20)7-10-21-13-6-4-5-12(2)11-13/h4-6,8-9,11,14H,3,7,10H2,1-2H3,(H,17,18)(H,19,20). The molecule has 1 aromatic carbocycles. The number of aromatic nitrogens is 2. The highest BCUT2D eigenvalue weighted by Crippen LogP contribution is 2.13. The second kappa shape index (κ2) is 7.47. The first kappa shape index (κ1) is 15.1. The molecule has 112 valence electrons. The van der Waals surface area contributed by atoms with Crippen molar-refractivity contribution in [3.05, 3.63) is 48.0 Å². The zero-order valence-corrected chi connectivity index (χ0v) is 12.4. The molecule has 0 bridgehead atoms. The van der Waals surface area contributed by atoms with Crippen molar-refractivity contribution >= 4 is 5.91 Å². The van der Waals surface area contributed by atoms with Gasteiger partial charge in [0.2, 0.25) is 5.91 Å². The van der Waals surface area contributed by atoms with Gasteiger partial charge in [0.05, 0.1) is 19.1 Å². The van der Waals surface area contributed by atoms with Gasteiger partial charge in [0.25, 0.3) is 0 Å². The van der Waals surface area contributed by atoms with Crippen LogP contribution in [0.3, 0.4) is 0 Å². The largest absolute Gasteiger partial charge is 0.493 e. The Morgan fingerprint density at radius 1 is 1.48 bits per heavy atom. The number of nitrogens with zero attached hydrogens (tertiary/aromatic N) is 1. The van der Waals surface area contributed by atoms with E-state index >= 15 is 0 Å². The Hall–Kier alpha value is -2.30. The normalized spacial score (nSPS) is 11.9. The van der Waals surface area contributed by atoms with Crippen molar-refractivity contribution in [3.63, 3.8) is 0 Å². The number of carbonyl (C=O) groups excluding carboxylic acids is 1. The van der Waals surface area contributed by atoms with E-state index in [1.807, 2.05) is 38.1 Å². The van der Waals surface area contributed by atoms with Crippen molar-refractivity contribution in [2.75, 3.05) is 6.61 Å². The number of imidazole rings is 1. The van der Waals surface area contributed by atoms with E-state index in [9.17, 15) is 4.79 Å². The molecule has 1 unspecified atom stereocenters. The average Bonchev–Trinajstić information content (AvgIpc) is 2.99. The number of carbonyl (C=O) groups is 1. The van der Waals surface area contributed by atoms with Gasteiger partial charge in [-0.3, -0.25) is 4.79 Å². The lowest BCUT2D eigenvalue weighted by Crippen LogP contribution is -2.29. The Morgan fingerprint density at radius 3 is 3.00 bits per heavy atom. The minimum absolute atomic E-state index is 0.0362. The van der Waals surface area contributed by atoms with Gasteiger partial charge in [-0.2, -0.15) is 0 Å². The summed E-state index contributed by atoms with van der Waals surface area (Å²) in [6.07, 6.45) is 4.55. The third-order valence-corrected chi connectivity index (χ3v) is 3.18. The van der Waals surface area contributed by atoms with E-state index in [4.69, 9.17) is 4.74 Å². The molecular weight excluding hydrogens is 266 g/mol. The minimum atomic E-state index is -0.0773. The van der Waals surface area contributed by atoms with Crippen LogP contribution in [0.15, 0.2) is 36.7 Å². The van der Waals surface area contributed by atoms with Crippen LogP contribution in [0.4, 0.5) is 0 Å². The van der Waals surface area contributed by atoms with Gasteiger partial charge in [0.15, 0.2) is 0 Å². The van der Waals surface area contributed by atoms with E-state index in [2.05, 4.69) is 15.3 Å². The van der Waals surface area contributed by atoms with E-state index in [0.717, 1.165) is 23.6 Å². The van der Waals surface area contributed by atoms with Crippen molar-refractivity contribution in [1.82, 2.24) is 15.3 Å². The van der Waals surface area contributed by atoms with Gasteiger partial charge in [-0.15, -0.1) is 0 Å². The van der Waals surface area contributed by atoms with Crippen LogP contribution in [-0.4, -0.2) is 22.5 Å². The molecule has 1 amide bonds. The van der Waals surface area contributed by atoms with Crippen LogP contribution in [0.5, 0.6) is 5.75 Å². The van der Waals surface area contributed by atoms with Crippen LogP contribution in [0, 0.1) is 6.92 Å². The van der Waals surface area contributed by atoms with Crippen LogP contribution in [0.25, 0.3) is 0 Å². The monoisotopic (exact) mass is 287 g/mol. The second-order valence-electron chi connectivity index (χ2n) is 4.92. The first-order chi connectivity index (χ1) is 10.2. The molecule has 0 spiro atoms. The van der Waals surface area contributed by atoms with E-state index in [-0.39, 0.29) is 11.9 Å². The summed E-state index contributed by atoms with van der Waals surface area (Å²) >= 11 is 0.